The topological polar surface area (TPSA) is 37.3 Å². The van der Waals surface area contributed by atoms with Gasteiger partial charge < -0.3 is 5.11 Å². The average molecular weight is 244 g/mol. The fourth-order valence-electron chi connectivity index (χ4n) is 1.80. The highest BCUT2D eigenvalue weighted by molar-refractivity contribution is 5.88. The van der Waals surface area contributed by atoms with Crippen molar-refractivity contribution < 1.29 is 9.90 Å². The largest absolute Gasteiger partial charge is 0.478 e. The molecule has 0 aliphatic rings. The Labute approximate surface area is 109 Å². The fourth-order valence-corrected chi connectivity index (χ4v) is 1.80. The normalized spacial score (nSPS) is 13.6. The Kier molecular flexibility index (Phi) is 4.49. The van der Waals surface area contributed by atoms with Gasteiger partial charge in [0, 0.05) is 5.57 Å². The molecule has 0 spiro atoms. The zero-order valence-electron chi connectivity index (χ0n) is 11.4. The van der Waals surface area contributed by atoms with Crippen molar-refractivity contribution in [3.63, 3.8) is 0 Å². The van der Waals surface area contributed by atoms with Crippen LogP contribution in [0.4, 0.5) is 0 Å². The van der Waals surface area contributed by atoms with Crippen LogP contribution in [0, 0.1) is 5.41 Å². The minimum Gasteiger partial charge on any atom is -0.478 e. The first kappa shape index (κ1) is 14.2. The maximum Gasteiger partial charge on any atom is 0.331 e. The summed E-state index contributed by atoms with van der Waals surface area (Å²) >= 11 is 0. The van der Waals surface area contributed by atoms with E-state index < -0.39 is 5.97 Å². The SMILES string of the molecule is CC(C(=O)O)=C(C=Cc1ccccc1)C(C)(C)C. The summed E-state index contributed by atoms with van der Waals surface area (Å²) in [6.07, 6.45) is 3.85. The molecule has 0 heterocycles. The first-order valence-electron chi connectivity index (χ1n) is 6.00. The molecule has 0 unspecified atom stereocenters. The molecule has 2 nitrogen and oxygen atoms in total. The van der Waals surface area contributed by atoms with Crippen molar-refractivity contribution in [2.24, 2.45) is 5.41 Å². The van der Waals surface area contributed by atoms with E-state index in [2.05, 4.69) is 0 Å². The van der Waals surface area contributed by atoms with Gasteiger partial charge in [-0.15, -0.1) is 0 Å². The summed E-state index contributed by atoms with van der Waals surface area (Å²) in [6.45, 7) is 7.70. The summed E-state index contributed by atoms with van der Waals surface area (Å²) < 4.78 is 0. The summed E-state index contributed by atoms with van der Waals surface area (Å²) in [7, 11) is 0. The van der Waals surface area contributed by atoms with Crippen molar-refractivity contribution in [1.29, 1.82) is 0 Å². The van der Waals surface area contributed by atoms with Crippen LogP contribution in [-0.2, 0) is 4.79 Å². The van der Waals surface area contributed by atoms with E-state index in [0.717, 1.165) is 11.1 Å². The lowest BCUT2D eigenvalue weighted by molar-refractivity contribution is -0.132. The second kappa shape index (κ2) is 5.67. The third kappa shape index (κ3) is 3.88. The van der Waals surface area contributed by atoms with E-state index >= 15 is 0 Å². The standard InChI is InChI=1S/C16H20O2/c1-12(15(17)18)14(16(2,3)4)11-10-13-8-6-5-7-9-13/h5-11H,1-4H3,(H,17,18). The quantitative estimate of drug-likeness (QED) is 0.640. The molecule has 0 radical (unpaired) electrons. The molecule has 0 bridgehead atoms. The molecule has 0 aliphatic heterocycles. The van der Waals surface area contributed by atoms with Crippen LogP contribution in [0.1, 0.15) is 33.3 Å². The van der Waals surface area contributed by atoms with E-state index in [4.69, 9.17) is 5.11 Å². The molecule has 0 saturated carbocycles. The molecule has 0 aliphatic carbocycles. The molecule has 18 heavy (non-hydrogen) atoms. The van der Waals surface area contributed by atoms with Crippen molar-refractivity contribution >= 4 is 12.0 Å². The summed E-state index contributed by atoms with van der Waals surface area (Å²) in [6, 6.07) is 9.87. The zero-order chi connectivity index (χ0) is 13.8. The van der Waals surface area contributed by atoms with Crippen LogP contribution in [0.3, 0.4) is 0 Å². The van der Waals surface area contributed by atoms with Crippen molar-refractivity contribution in [3.05, 3.63) is 53.1 Å². The van der Waals surface area contributed by atoms with E-state index in [-0.39, 0.29) is 5.41 Å². The van der Waals surface area contributed by atoms with Gasteiger partial charge in [0.2, 0.25) is 0 Å². The summed E-state index contributed by atoms with van der Waals surface area (Å²) in [4.78, 5) is 11.1. The monoisotopic (exact) mass is 244 g/mol. The first-order chi connectivity index (χ1) is 8.32. The maximum atomic E-state index is 11.1. The lowest BCUT2D eigenvalue weighted by Gasteiger charge is -2.22. The Morgan fingerprint density at radius 1 is 1.17 bits per heavy atom. The molecular weight excluding hydrogens is 224 g/mol. The average Bonchev–Trinajstić information content (AvgIpc) is 2.28. The van der Waals surface area contributed by atoms with E-state index in [1.807, 2.05) is 63.3 Å². The Morgan fingerprint density at radius 3 is 2.17 bits per heavy atom. The van der Waals surface area contributed by atoms with Crippen LogP contribution in [0.5, 0.6) is 0 Å². The minimum atomic E-state index is -0.863. The van der Waals surface area contributed by atoms with Gasteiger partial charge in [0.25, 0.3) is 0 Å². The van der Waals surface area contributed by atoms with Crippen molar-refractivity contribution in [1.82, 2.24) is 0 Å². The fraction of sp³-hybridized carbons (Fsp3) is 0.312. The molecule has 0 aromatic heterocycles. The molecule has 0 amide bonds. The molecule has 2 heteroatoms. The Balaban J connectivity index is 3.13. The molecule has 1 aromatic carbocycles. The summed E-state index contributed by atoms with van der Waals surface area (Å²) in [5.74, 6) is -0.863. The van der Waals surface area contributed by atoms with E-state index in [1.165, 1.54) is 0 Å². The Bertz CT molecular complexity index is 474. The highest BCUT2D eigenvalue weighted by atomic mass is 16.4. The van der Waals surface area contributed by atoms with Gasteiger partial charge in [-0.05, 0) is 23.5 Å². The number of carboxylic acids is 1. The number of carboxylic acid groups (broad SMARTS) is 1. The van der Waals surface area contributed by atoms with Crippen LogP contribution < -0.4 is 0 Å². The van der Waals surface area contributed by atoms with Crippen LogP contribution in [0.15, 0.2) is 47.6 Å². The number of rotatable bonds is 3. The Morgan fingerprint density at radius 2 is 1.72 bits per heavy atom. The van der Waals surface area contributed by atoms with Crippen LogP contribution in [0.25, 0.3) is 6.08 Å². The highest BCUT2D eigenvalue weighted by Crippen LogP contribution is 2.29. The molecule has 0 atom stereocenters. The molecule has 1 N–H and O–H groups in total. The predicted molar refractivity (Wildman–Crippen MR) is 75.3 cm³/mol. The lowest BCUT2D eigenvalue weighted by Crippen LogP contribution is -2.13. The number of benzene rings is 1. The molecule has 1 rings (SSSR count). The van der Waals surface area contributed by atoms with E-state index in [9.17, 15) is 4.79 Å². The van der Waals surface area contributed by atoms with Crippen LogP contribution >= 0.6 is 0 Å². The molecule has 0 saturated heterocycles. The van der Waals surface area contributed by atoms with Gasteiger partial charge >= 0.3 is 5.97 Å². The number of hydrogen-bond donors (Lipinski definition) is 1. The molecule has 1 aromatic rings. The van der Waals surface area contributed by atoms with Gasteiger partial charge in [-0.1, -0.05) is 63.3 Å². The van der Waals surface area contributed by atoms with Crippen molar-refractivity contribution in [2.75, 3.05) is 0 Å². The first-order valence-corrected chi connectivity index (χ1v) is 6.00. The number of hydrogen-bond acceptors (Lipinski definition) is 1. The summed E-state index contributed by atoms with van der Waals surface area (Å²) in [5.41, 5.74) is 2.12. The van der Waals surface area contributed by atoms with Gasteiger partial charge in [-0.2, -0.15) is 0 Å². The number of aliphatic carboxylic acids is 1. The highest BCUT2D eigenvalue weighted by Gasteiger charge is 2.20. The maximum absolute atomic E-state index is 11.1. The van der Waals surface area contributed by atoms with E-state index in [1.54, 1.807) is 6.92 Å². The van der Waals surface area contributed by atoms with Gasteiger partial charge in [-0.25, -0.2) is 4.79 Å². The molecular formula is C16H20O2. The molecule has 96 valence electrons. The third-order valence-corrected chi connectivity index (χ3v) is 2.77. The van der Waals surface area contributed by atoms with Gasteiger partial charge in [0.1, 0.15) is 0 Å². The minimum absolute atomic E-state index is 0.187. The molecule has 0 fully saturated rings. The van der Waals surface area contributed by atoms with Crippen molar-refractivity contribution in [3.8, 4) is 0 Å². The number of allylic oxidation sites excluding steroid dienone is 2. The zero-order valence-corrected chi connectivity index (χ0v) is 11.4. The van der Waals surface area contributed by atoms with Gasteiger partial charge in [0.05, 0.1) is 0 Å². The van der Waals surface area contributed by atoms with Crippen LogP contribution in [0.2, 0.25) is 0 Å². The predicted octanol–water partition coefficient (Wildman–Crippen LogP) is 4.15. The van der Waals surface area contributed by atoms with E-state index in [0.29, 0.717) is 5.57 Å². The lowest BCUT2D eigenvalue weighted by atomic mass is 9.83. The smallest absolute Gasteiger partial charge is 0.331 e. The van der Waals surface area contributed by atoms with Crippen molar-refractivity contribution in [2.45, 2.75) is 27.7 Å². The second-order valence-corrected chi connectivity index (χ2v) is 5.34. The Hall–Kier alpha value is -1.83. The number of carbonyl (C=O) groups is 1. The summed E-state index contributed by atoms with van der Waals surface area (Å²) in [5, 5.41) is 9.12. The second-order valence-electron chi connectivity index (χ2n) is 5.34. The van der Waals surface area contributed by atoms with Gasteiger partial charge in [0.15, 0.2) is 0 Å². The van der Waals surface area contributed by atoms with Crippen LogP contribution in [-0.4, -0.2) is 11.1 Å². The van der Waals surface area contributed by atoms with Gasteiger partial charge in [-0.3, -0.25) is 0 Å². The third-order valence-electron chi connectivity index (χ3n) is 2.77.